The number of carbonyl (C=O) groups excluding carboxylic acids is 1. The second-order valence-corrected chi connectivity index (χ2v) is 5.95. The second-order valence-electron chi connectivity index (χ2n) is 5.95. The number of hydrogen-bond donors (Lipinski definition) is 2. The minimum atomic E-state index is -0.139. The minimum Gasteiger partial charge on any atom is -0.497 e. The average molecular weight is 382 g/mol. The molecule has 0 bridgehead atoms. The molecule has 8 heteroatoms. The second kappa shape index (κ2) is 9.52. The third-order valence-corrected chi connectivity index (χ3v) is 3.91. The number of nitrogens with two attached hydrogens (primary N) is 1. The molecular weight excluding hydrogens is 360 g/mol. The molecule has 0 aliphatic rings. The van der Waals surface area contributed by atoms with Crippen molar-refractivity contribution >= 4 is 11.6 Å². The Hall–Kier alpha value is -3.39. The lowest BCUT2D eigenvalue weighted by Crippen LogP contribution is -2.13. The molecule has 0 fully saturated rings. The fourth-order valence-electron chi connectivity index (χ4n) is 2.47. The molecule has 28 heavy (non-hydrogen) atoms. The van der Waals surface area contributed by atoms with E-state index in [0.717, 1.165) is 11.3 Å². The molecule has 3 aromatic rings. The van der Waals surface area contributed by atoms with Crippen LogP contribution in [0.3, 0.4) is 0 Å². The molecule has 0 aliphatic heterocycles. The Bertz CT molecular complexity index is 891. The SMILES string of the molecule is COc1ccc(-c2noc(CCC(=O)Nc3ccc(OCCN)cc3)n2)cc1. The fourth-order valence-corrected chi connectivity index (χ4v) is 2.47. The minimum absolute atomic E-state index is 0.139. The van der Waals surface area contributed by atoms with E-state index in [1.54, 1.807) is 31.4 Å². The zero-order valence-electron chi connectivity index (χ0n) is 15.6. The van der Waals surface area contributed by atoms with Crippen LogP contribution in [0.25, 0.3) is 11.4 Å². The van der Waals surface area contributed by atoms with Crippen molar-refractivity contribution in [1.82, 2.24) is 10.1 Å². The molecule has 1 heterocycles. The van der Waals surface area contributed by atoms with Gasteiger partial charge in [0.15, 0.2) is 0 Å². The molecule has 146 valence electrons. The maximum Gasteiger partial charge on any atom is 0.227 e. The zero-order valence-corrected chi connectivity index (χ0v) is 15.6. The Morgan fingerprint density at radius 3 is 2.50 bits per heavy atom. The van der Waals surface area contributed by atoms with Gasteiger partial charge in [-0.2, -0.15) is 4.98 Å². The van der Waals surface area contributed by atoms with Crippen LogP contribution in [0.15, 0.2) is 53.1 Å². The number of amides is 1. The molecule has 2 aromatic carbocycles. The first kappa shape index (κ1) is 19.4. The highest BCUT2D eigenvalue weighted by Crippen LogP contribution is 2.20. The number of ether oxygens (including phenoxy) is 2. The number of hydrogen-bond acceptors (Lipinski definition) is 7. The summed E-state index contributed by atoms with van der Waals surface area (Å²) >= 11 is 0. The molecule has 8 nitrogen and oxygen atoms in total. The summed E-state index contributed by atoms with van der Waals surface area (Å²) in [7, 11) is 1.61. The summed E-state index contributed by atoms with van der Waals surface area (Å²) < 4.78 is 15.8. The molecule has 1 amide bonds. The molecule has 0 saturated carbocycles. The highest BCUT2D eigenvalue weighted by Gasteiger charge is 2.11. The van der Waals surface area contributed by atoms with Crippen molar-refractivity contribution in [2.24, 2.45) is 5.73 Å². The van der Waals surface area contributed by atoms with Crippen molar-refractivity contribution in [2.75, 3.05) is 25.6 Å². The van der Waals surface area contributed by atoms with Gasteiger partial charge in [-0.3, -0.25) is 4.79 Å². The number of aromatic nitrogens is 2. The lowest BCUT2D eigenvalue weighted by atomic mass is 10.2. The molecule has 0 unspecified atom stereocenters. The predicted octanol–water partition coefficient (Wildman–Crippen LogP) is 2.65. The van der Waals surface area contributed by atoms with Gasteiger partial charge in [0.05, 0.1) is 7.11 Å². The van der Waals surface area contributed by atoms with Gasteiger partial charge in [-0.15, -0.1) is 0 Å². The predicted molar refractivity (Wildman–Crippen MR) is 104 cm³/mol. The van der Waals surface area contributed by atoms with Crippen LogP contribution in [0.2, 0.25) is 0 Å². The lowest BCUT2D eigenvalue weighted by Gasteiger charge is -2.07. The van der Waals surface area contributed by atoms with Gasteiger partial charge >= 0.3 is 0 Å². The van der Waals surface area contributed by atoms with Crippen molar-refractivity contribution in [3.8, 4) is 22.9 Å². The highest BCUT2D eigenvalue weighted by molar-refractivity contribution is 5.90. The number of nitrogens with zero attached hydrogens (tertiary/aromatic N) is 2. The van der Waals surface area contributed by atoms with Crippen LogP contribution in [-0.2, 0) is 11.2 Å². The van der Waals surface area contributed by atoms with Gasteiger partial charge < -0.3 is 25.0 Å². The van der Waals surface area contributed by atoms with E-state index >= 15 is 0 Å². The van der Waals surface area contributed by atoms with E-state index in [1.165, 1.54) is 0 Å². The molecule has 0 radical (unpaired) electrons. The van der Waals surface area contributed by atoms with E-state index in [-0.39, 0.29) is 12.3 Å². The summed E-state index contributed by atoms with van der Waals surface area (Å²) in [6.45, 7) is 0.905. The van der Waals surface area contributed by atoms with Gasteiger partial charge in [-0.05, 0) is 48.5 Å². The van der Waals surface area contributed by atoms with Crippen LogP contribution in [0.5, 0.6) is 11.5 Å². The van der Waals surface area contributed by atoms with Gasteiger partial charge in [0.2, 0.25) is 17.6 Å². The van der Waals surface area contributed by atoms with Crippen molar-refractivity contribution < 1.29 is 18.8 Å². The van der Waals surface area contributed by atoms with Crippen LogP contribution in [0.4, 0.5) is 5.69 Å². The third-order valence-electron chi connectivity index (χ3n) is 3.91. The molecule has 3 N–H and O–H groups in total. The smallest absolute Gasteiger partial charge is 0.227 e. The third kappa shape index (κ3) is 5.31. The fraction of sp³-hybridized carbons (Fsp3) is 0.250. The van der Waals surface area contributed by atoms with Gasteiger partial charge in [-0.25, -0.2) is 0 Å². The number of rotatable bonds is 9. The Balaban J connectivity index is 1.50. The molecule has 0 aliphatic carbocycles. The molecule has 3 rings (SSSR count). The van der Waals surface area contributed by atoms with Crippen molar-refractivity contribution in [3.63, 3.8) is 0 Å². The highest BCUT2D eigenvalue weighted by atomic mass is 16.5. The van der Waals surface area contributed by atoms with Gasteiger partial charge in [0, 0.05) is 30.6 Å². The topological polar surface area (TPSA) is 112 Å². The molecule has 1 aromatic heterocycles. The molecule has 0 saturated heterocycles. The first-order valence-corrected chi connectivity index (χ1v) is 8.87. The van der Waals surface area contributed by atoms with Gasteiger partial charge in [0.25, 0.3) is 0 Å². The van der Waals surface area contributed by atoms with Crippen molar-refractivity contribution in [3.05, 3.63) is 54.4 Å². The summed E-state index contributed by atoms with van der Waals surface area (Å²) in [5.41, 5.74) is 6.90. The van der Waals surface area contributed by atoms with Crippen molar-refractivity contribution in [2.45, 2.75) is 12.8 Å². The van der Waals surface area contributed by atoms with Crippen LogP contribution in [0.1, 0.15) is 12.3 Å². The maximum absolute atomic E-state index is 12.1. The molecule has 0 spiro atoms. The van der Waals surface area contributed by atoms with E-state index in [2.05, 4.69) is 15.5 Å². The van der Waals surface area contributed by atoms with Crippen LogP contribution in [0, 0.1) is 0 Å². The standard InChI is InChI=1S/C20H22N4O4/c1-26-16-6-2-14(3-7-16)20-23-19(28-24-20)11-10-18(25)22-15-4-8-17(9-5-15)27-13-12-21/h2-9H,10-13,21H2,1H3,(H,22,25). The van der Waals surface area contributed by atoms with E-state index in [4.69, 9.17) is 19.7 Å². The number of nitrogens with one attached hydrogen (secondary N) is 1. The van der Waals surface area contributed by atoms with Crippen LogP contribution >= 0.6 is 0 Å². The van der Waals surface area contributed by atoms with Crippen LogP contribution in [-0.4, -0.2) is 36.3 Å². The summed E-state index contributed by atoms with van der Waals surface area (Å²) in [6, 6.07) is 14.5. The monoisotopic (exact) mass is 382 g/mol. The maximum atomic E-state index is 12.1. The number of aryl methyl sites for hydroxylation is 1. The number of anilines is 1. The molecule has 0 atom stereocenters. The average Bonchev–Trinajstić information content (AvgIpc) is 3.21. The van der Waals surface area contributed by atoms with E-state index < -0.39 is 0 Å². The molecular formula is C20H22N4O4. The first-order valence-electron chi connectivity index (χ1n) is 8.87. The number of benzene rings is 2. The van der Waals surface area contributed by atoms with E-state index in [0.29, 0.717) is 42.7 Å². The Labute approximate surface area is 162 Å². The summed E-state index contributed by atoms with van der Waals surface area (Å²) in [6.07, 6.45) is 0.586. The van der Waals surface area contributed by atoms with Crippen LogP contribution < -0.4 is 20.5 Å². The summed E-state index contributed by atoms with van der Waals surface area (Å²) in [5.74, 6) is 2.21. The summed E-state index contributed by atoms with van der Waals surface area (Å²) in [4.78, 5) is 16.5. The number of methoxy groups -OCH3 is 1. The number of carbonyl (C=O) groups is 1. The summed E-state index contributed by atoms with van der Waals surface area (Å²) in [5, 5.41) is 6.78. The Morgan fingerprint density at radius 1 is 1.11 bits per heavy atom. The van der Waals surface area contributed by atoms with Crippen molar-refractivity contribution in [1.29, 1.82) is 0 Å². The van der Waals surface area contributed by atoms with Gasteiger partial charge in [-0.1, -0.05) is 5.16 Å². The van der Waals surface area contributed by atoms with E-state index in [1.807, 2.05) is 24.3 Å². The zero-order chi connectivity index (χ0) is 19.8. The first-order chi connectivity index (χ1) is 13.7. The van der Waals surface area contributed by atoms with Gasteiger partial charge in [0.1, 0.15) is 18.1 Å². The largest absolute Gasteiger partial charge is 0.497 e. The van der Waals surface area contributed by atoms with E-state index in [9.17, 15) is 4.79 Å². The quantitative estimate of drug-likeness (QED) is 0.585. The Kier molecular flexibility index (Phi) is 6.59. The lowest BCUT2D eigenvalue weighted by molar-refractivity contribution is -0.116. The normalized spacial score (nSPS) is 10.5. The Morgan fingerprint density at radius 2 is 1.82 bits per heavy atom.